The highest BCUT2D eigenvalue weighted by atomic mass is 14.2. The summed E-state index contributed by atoms with van der Waals surface area (Å²) in [5.74, 6) is 0. The third-order valence-electron chi connectivity index (χ3n) is 9.44. The van der Waals surface area contributed by atoms with Gasteiger partial charge in [0, 0.05) is 0 Å². The van der Waals surface area contributed by atoms with Crippen LogP contribution in [0.5, 0.6) is 0 Å². The number of nitriles is 1. The number of nitrogens with zero attached hydrogens (tertiary/aromatic N) is 1. The molecule has 0 bridgehead atoms. The monoisotopic (exact) mass is 581 g/mol. The third kappa shape index (κ3) is 4.16. The Hall–Kier alpha value is -6.23. The first kappa shape index (κ1) is 26.2. The average molecular weight is 582 g/mol. The van der Waals surface area contributed by atoms with E-state index in [2.05, 4.69) is 146 Å². The van der Waals surface area contributed by atoms with Crippen LogP contribution in [-0.4, -0.2) is 0 Å². The molecule has 46 heavy (non-hydrogen) atoms. The topological polar surface area (TPSA) is 23.8 Å². The van der Waals surface area contributed by atoms with Crippen LogP contribution in [0.25, 0.3) is 87.2 Å². The van der Waals surface area contributed by atoms with Crippen molar-refractivity contribution in [2.75, 3.05) is 0 Å². The summed E-state index contributed by atoms with van der Waals surface area (Å²) in [6.45, 7) is 0. The molecule has 0 N–H and O–H groups in total. The maximum Gasteiger partial charge on any atom is 0.0991 e. The standard InChI is InChI=1S/C45H27N/c46-28-29-8-7-9-32(24-29)30-16-18-31(19-17-30)33-20-21-35-26-36(23-22-34(35)25-33)43-27-44-39-12-2-1-10-37(39)38-11-3-5-14-41(38)45(44)42-15-6-4-13-40(42)43/h1-27H. The smallest absolute Gasteiger partial charge is 0.0991 e. The predicted octanol–water partition coefficient (Wildman–Crippen LogP) is 12.3. The van der Waals surface area contributed by atoms with Crippen molar-refractivity contribution in [1.29, 1.82) is 5.26 Å². The summed E-state index contributed by atoms with van der Waals surface area (Å²) in [7, 11) is 0. The molecular weight excluding hydrogens is 555 g/mol. The fourth-order valence-electron chi connectivity index (χ4n) is 7.22. The van der Waals surface area contributed by atoms with E-state index in [0.717, 1.165) is 11.1 Å². The summed E-state index contributed by atoms with van der Waals surface area (Å²) in [5.41, 5.74) is 7.67. The molecule has 1 heteroatoms. The highest BCUT2D eigenvalue weighted by Gasteiger charge is 2.15. The molecule has 0 amide bonds. The Labute approximate surface area is 267 Å². The van der Waals surface area contributed by atoms with Gasteiger partial charge in [-0.3, -0.25) is 0 Å². The van der Waals surface area contributed by atoms with Crippen molar-refractivity contribution in [3.05, 3.63) is 169 Å². The molecule has 1 nitrogen and oxygen atoms in total. The molecule has 0 radical (unpaired) electrons. The van der Waals surface area contributed by atoms with E-state index in [1.54, 1.807) is 0 Å². The van der Waals surface area contributed by atoms with E-state index in [9.17, 15) is 5.26 Å². The van der Waals surface area contributed by atoms with Crippen molar-refractivity contribution >= 4 is 53.9 Å². The Morgan fingerprint density at radius 1 is 0.326 bits per heavy atom. The van der Waals surface area contributed by atoms with Gasteiger partial charge in [-0.2, -0.15) is 5.26 Å². The van der Waals surface area contributed by atoms with Crippen LogP contribution in [0.15, 0.2) is 164 Å². The van der Waals surface area contributed by atoms with Crippen molar-refractivity contribution in [3.63, 3.8) is 0 Å². The van der Waals surface area contributed by atoms with Crippen LogP contribution in [0.3, 0.4) is 0 Å². The van der Waals surface area contributed by atoms with Crippen molar-refractivity contribution < 1.29 is 0 Å². The van der Waals surface area contributed by atoms with Crippen LogP contribution in [0.4, 0.5) is 0 Å². The van der Waals surface area contributed by atoms with E-state index in [1.807, 2.05) is 24.3 Å². The van der Waals surface area contributed by atoms with E-state index in [0.29, 0.717) is 5.56 Å². The van der Waals surface area contributed by atoms with Crippen LogP contribution in [-0.2, 0) is 0 Å². The lowest BCUT2D eigenvalue weighted by Crippen LogP contribution is -1.89. The Balaban J connectivity index is 1.17. The number of rotatable bonds is 3. The zero-order valence-electron chi connectivity index (χ0n) is 25.0. The fourth-order valence-corrected chi connectivity index (χ4v) is 7.22. The summed E-state index contributed by atoms with van der Waals surface area (Å²) < 4.78 is 0. The minimum atomic E-state index is 0.675. The quantitative estimate of drug-likeness (QED) is 0.190. The molecule has 9 aromatic rings. The van der Waals surface area contributed by atoms with E-state index in [-0.39, 0.29) is 0 Å². The normalized spacial score (nSPS) is 11.5. The van der Waals surface area contributed by atoms with E-state index in [1.165, 1.54) is 76.1 Å². The molecule has 0 saturated carbocycles. The second-order valence-corrected chi connectivity index (χ2v) is 12.0. The molecule has 0 heterocycles. The summed E-state index contributed by atoms with van der Waals surface area (Å²) >= 11 is 0. The third-order valence-corrected chi connectivity index (χ3v) is 9.44. The Kier molecular flexibility index (Phi) is 5.95. The first-order chi connectivity index (χ1) is 22.7. The largest absolute Gasteiger partial charge is 0.192 e. The lowest BCUT2D eigenvalue weighted by molar-refractivity contribution is 1.48. The van der Waals surface area contributed by atoms with Crippen LogP contribution in [0.1, 0.15) is 5.56 Å². The fraction of sp³-hybridized carbons (Fsp3) is 0. The predicted molar refractivity (Wildman–Crippen MR) is 195 cm³/mol. The van der Waals surface area contributed by atoms with Crippen molar-refractivity contribution in [2.24, 2.45) is 0 Å². The molecule has 0 aromatic heterocycles. The first-order valence-corrected chi connectivity index (χ1v) is 15.7. The highest BCUT2D eigenvalue weighted by molar-refractivity contribution is 6.33. The maximum absolute atomic E-state index is 9.28. The second-order valence-electron chi connectivity index (χ2n) is 12.0. The first-order valence-electron chi connectivity index (χ1n) is 15.7. The van der Waals surface area contributed by atoms with Gasteiger partial charge in [0.05, 0.1) is 11.6 Å². The van der Waals surface area contributed by atoms with Crippen LogP contribution in [0.2, 0.25) is 0 Å². The molecule has 0 aliphatic rings. The Bertz CT molecular complexity index is 2690. The molecule has 9 rings (SSSR count). The SMILES string of the molecule is N#Cc1cccc(-c2ccc(-c3ccc4cc(-c5cc6c7ccccc7c7ccccc7c6c6ccccc56)ccc4c3)cc2)c1. The summed E-state index contributed by atoms with van der Waals surface area (Å²) in [4.78, 5) is 0. The molecule has 0 unspecified atom stereocenters. The summed E-state index contributed by atoms with van der Waals surface area (Å²) in [6.07, 6.45) is 0. The van der Waals surface area contributed by atoms with Gasteiger partial charge in [0.1, 0.15) is 0 Å². The van der Waals surface area contributed by atoms with Gasteiger partial charge in [-0.1, -0.05) is 133 Å². The second kappa shape index (κ2) is 10.4. The van der Waals surface area contributed by atoms with Gasteiger partial charge < -0.3 is 0 Å². The highest BCUT2D eigenvalue weighted by Crippen LogP contribution is 2.43. The zero-order valence-corrected chi connectivity index (χ0v) is 25.0. The van der Waals surface area contributed by atoms with Crippen LogP contribution in [0, 0.1) is 11.3 Å². The average Bonchev–Trinajstić information content (AvgIpc) is 3.14. The van der Waals surface area contributed by atoms with Gasteiger partial charge in [0.2, 0.25) is 0 Å². The number of fused-ring (bicyclic) bond motifs is 9. The van der Waals surface area contributed by atoms with Crippen molar-refractivity contribution in [2.45, 2.75) is 0 Å². The van der Waals surface area contributed by atoms with Crippen LogP contribution >= 0.6 is 0 Å². The van der Waals surface area contributed by atoms with E-state index >= 15 is 0 Å². The van der Waals surface area contributed by atoms with Gasteiger partial charge >= 0.3 is 0 Å². The van der Waals surface area contributed by atoms with Gasteiger partial charge in [-0.05, 0) is 118 Å². The lowest BCUT2D eigenvalue weighted by Gasteiger charge is -2.16. The maximum atomic E-state index is 9.28. The lowest BCUT2D eigenvalue weighted by atomic mass is 9.87. The van der Waals surface area contributed by atoms with Crippen LogP contribution < -0.4 is 0 Å². The number of benzene rings is 9. The minimum Gasteiger partial charge on any atom is -0.192 e. The molecule has 0 saturated heterocycles. The molecule has 212 valence electrons. The van der Waals surface area contributed by atoms with Gasteiger partial charge in [-0.25, -0.2) is 0 Å². The molecular formula is C45H27N. The summed E-state index contributed by atoms with van der Waals surface area (Å²) in [6, 6.07) is 61.1. The van der Waals surface area contributed by atoms with Crippen molar-refractivity contribution in [1.82, 2.24) is 0 Å². The Morgan fingerprint density at radius 3 is 1.46 bits per heavy atom. The molecule has 0 spiro atoms. The molecule has 0 atom stereocenters. The minimum absolute atomic E-state index is 0.675. The molecule has 9 aromatic carbocycles. The summed E-state index contributed by atoms with van der Waals surface area (Å²) in [5, 5.41) is 22.1. The van der Waals surface area contributed by atoms with Gasteiger partial charge in [-0.15, -0.1) is 0 Å². The number of hydrogen-bond acceptors (Lipinski definition) is 1. The van der Waals surface area contributed by atoms with Gasteiger partial charge in [0.25, 0.3) is 0 Å². The number of hydrogen-bond donors (Lipinski definition) is 0. The van der Waals surface area contributed by atoms with E-state index < -0.39 is 0 Å². The van der Waals surface area contributed by atoms with E-state index in [4.69, 9.17) is 0 Å². The Morgan fingerprint density at radius 2 is 0.804 bits per heavy atom. The van der Waals surface area contributed by atoms with Crippen molar-refractivity contribution in [3.8, 4) is 39.4 Å². The molecule has 0 fully saturated rings. The molecule has 0 aliphatic heterocycles. The molecule has 0 aliphatic carbocycles. The van der Waals surface area contributed by atoms with Gasteiger partial charge in [0.15, 0.2) is 0 Å². The zero-order chi connectivity index (χ0) is 30.6.